The molecular weight excluding hydrogens is 441 g/mol. The van der Waals surface area contributed by atoms with Crippen molar-refractivity contribution in [3.63, 3.8) is 0 Å². The molecule has 2 aromatic carbocycles. The molecule has 0 saturated carbocycles. The van der Waals surface area contributed by atoms with Crippen LogP contribution in [-0.2, 0) is 16.4 Å². The second kappa shape index (κ2) is 8.46. The van der Waals surface area contributed by atoms with Gasteiger partial charge >= 0.3 is 0 Å². The van der Waals surface area contributed by atoms with E-state index in [0.29, 0.717) is 17.9 Å². The van der Waals surface area contributed by atoms with Gasteiger partial charge in [0.1, 0.15) is 16.5 Å². The maximum Gasteiger partial charge on any atom is 0.269 e. The highest BCUT2D eigenvalue weighted by atomic mass is 32.2. The highest BCUT2D eigenvalue weighted by Gasteiger charge is 2.33. The first-order valence-electron chi connectivity index (χ1n) is 10.6. The van der Waals surface area contributed by atoms with E-state index in [1.807, 2.05) is 25.2 Å². The van der Waals surface area contributed by atoms with Crippen LogP contribution in [0.25, 0.3) is 11.3 Å². The molecule has 0 amide bonds. The third-order valence-corrected chi connectivity index (χ3v) is 7.52. The first kappa shape index (κ1) is 21.4. The van der Waals surface area contributed by atoms with Gasteiger partial charge in [0, 0.05) is 23.9 Å². The van der Waals surface area contributed by atoms with Gasteiger partial charge in [-0.25, -0.2) is 21.8 Å². The maximum atomic E-state index is 14.8. The summed E-state index contributed by atoms with van der Waals surface area (Å²) in [5.41, 5.74) is 2.35. The number of nitrogens with one attached hydrogen (secondary N) is 1. The highest BCUT2D eigenvalue weighted by Crippen LogP contribution is 2.41. The molecule has 0 spiro atoms. The van der Waals surface area contributed by atoms with E-state index < -0.39 is 15.8 Å². The zero-order chi connectivity index (χ0) is 23.0. The number of hydrogen-bond donors (Lipinski definition) is 1. The van der Waals surface area contributed by atoms with Crippen molar-refractivity contribution in [2.75, 3.05) is 7.05 Å². The number of benzene rings is 2. The summed E-state index contributed by atoms with van der Waals surface area (Å²) in [6, 6.07) is 18.3. The van der Waals surface area contributed by atoms with E-state index in [1.165, 1.54) is 28.4 Å². The molecule has 5 rings (SSSR count). The van der Waals surface area contributed by atoms with Gasteiger partial charge in [-0.1, -0.05) is 30.3 Å². The van der Waals surface area contributed by atoms with Crippen molar-refractivity contribution in [1.29, 1.82) is 0 Å². The van der Waals surface area contributed by atoms with E-state index in [-0.39, 0.29) is 22.4 Å². The zero-order valence-corrected chi connectivity index (χ0v) is 18.7. The molecule has 0 aliphatic heterocycles. The zero-order valence-electron chi connectivity index (χ0n) is 17.9. The van der Waals surface area contributed by atoms with Crippen LogP contribution in [0.2, 0.25) is 0 Å². The van der Waals surface area contributed by atoms with Crippen LogP contribution in [0.15, 0.2) is 84.0 Å². The molecule has 1 N–H and O–H groups in total. The normalized spacial score (nSPS) is 15.4. The molecule has 0 fully saturated rings. The number of hydrogen-bond acceptors (Lipinski definition) is 5. The van der Waals surface area contributed by atoms with Crippen LogP contribution in [0.3, 0.4) is 0 Å². The second-order valence-electron chi connectivity index (χ2n) is 7.82. The minimum absolute atomic E-state index is 0.00446. The first-order chi connectivity index (χ1) is 16.0. The van der Waals surface area contributed by atoms with Crippen LogP contribution in [0.1, 0.15) is 23.6 Å². The average Bonchev–Trinajstić information content (AvgIpc) is 3.40. The standard InChI is InChI=1S/C25H22FN3O3S/c1-27-23-13-12-19-21(23)16-29(25(19)20-9-5-6-10-22(20)26)33(30,31)18-11-14-24(28-15-18)32-17-7-3-2-4-8-17/h2-11,14-16,23,27H,12-13H2,1H3. The molecule has 2 heterocycles. The molecule has 168 valence electrons. The van der Waals surface area contributed by atoms with E-state index in [0.717, 1.165) is 17.5 Å². The smallest absolute Gasteiger partial charge is 0.269 e. The van der Waals surface area contributed by atoms with Gasteiger partial charge in [0.25, 0.3) is 10.0 Å². The van der Waals surface area contributed by atoms with E-state index in [9.17, 15) is 12.8 Å². The molecule has 8 heteroatoms. The van der Waals surface area contributed by atoms with E-state index in [2.05, 4.69) is 10.3 Å². The number of para-hydroxylation sites is 1. The molecule has 4 aromatic rings. The summed E-state index contributed by atoms with van der Waals surface area (Å²) in [6.07, 6.45) is 4.36. The lowest BCUT2D eigenvalue weighted by molar-refractivity contribution is 0.462. The van der Waals surface area contributed by atoms with E-state index in [1.54, 1.807) is 36.5 Å². The van der Waals surface area contributed by atoms with Crippen molar-refractivity contribution in [2.45, 2.75) is 23.8 Å². The van der Waals surface area contributed by atoms with Crippen molar-refractivity contribution in [3.8, 4) is 22.9 Å². The van der Waals surface area contributed by atoms with Gasteiger partial charge < -0.3 is 10.1 Å². The Morgan fingerprint density at radius 1 is 1.06 bits per heavy atom. The largest absolute Gasteiger partial charge is 0.439 e. The number of rotatable bonds is 6. The highest BCUT2D eigenvalue weighted by molar-refractivity contribution is 7.90. The maximum absolute atomic E-state index is 14.8. The minimum Gasteiger partial charge on any atom is -0.439 e. The molecule has 1 atom stereocenters. The lowest BCUT2D eigenvalue weighted by atomic mass is 10.1. The molecule has 1 unspecified atom stereocenters. The van der Waals surface area contributed by atoms with Crippen LogP contribution < -0.4 is 10.1 Å². The van der Waals surface area contributed by atoms with Crippen molar-refractivity contribution in [3.05, 3.63) is 96.1 Å². The molecule has 2 aromatic heterocycles. The molecule has 33 heavy (non-hydrogen) atoms. The van der Waals surface area contributed by atoms with Crippen LogP contribution in [0.5, 0.6) is 11.6 Å². The van der Waals surface area contributed by atoms with Crippen molar-refractivity contribution >= 4 is 10.0 Å². The Labute approximate surface area is 191 Å². The fourth-order valence-electron chi connectivity index (χ4n) is 4.27. The Bertz CT molecular complexity index is 1400. The van der Waals surface area contributed by atoms with Crippen molar-refractivity contribution < 1.29 is 17.5 Å². The molecule has 0 bridgehead atoms. The van der Waals surface area contributed by atoms with Crippen molar-refractivity contribution in [2.24, 2.45) is 0 Å². The average molecular weight is 464 g/mol. The molecule has 6 nitrogen and oxygen atoms in total. The molecule has 0 radical (unpaired) electrons. The molecule has 1 aliphatic carbocycles. The monoisotopic (exact) mass is 463 g/mol. The second-order valence-corrected chi connectivity index (χ2v) is 9.63. The van der Waals surface area contributed by atoms with Gasteiger partial charge in [0.05, 0.1) is 11.9 Å². The summed E-state index contributed by atoms with van der Waals surface area (Å²) < 4.78 is 48.9. The Kier molecular flexibility index (Phi) is 5.47. The van der Waals surface area contributed by atoms with Gasteiger partial charge in [-0.3, -0.25) is 0 Å². The molecular formula is C25H22FN3O3S. The third-order valence-electron chi connectivity index (χ3n) is 5.88. The Balaban J connectivity index is 1.58. The van der Waals surface area contributed by atoms with Gasteiger partial charge in [0.15, 0.2) is 0 Å². The minimum atomic E-state index is -4.03. The Morgan fingerprint density at radius 3 is 2.52 bits per heavy atom. The topological polar surface area (TPSA) is 73.2 Å². The lowest BCUT2D eigenvalue weighted by Crippen LogP contribution is -2.16. The number of halogens is 1. The van der Waals surface area contributed by atoms with Gasteiger partial charge in [0.2, 0.25) is 5.88 Å². The predicted molar refractivity (Wildman–Crippen MR) is 123 cm³/mol. The summed E-state index contributed by atoms with van der Waals surface area (Å²) in [5.74, 6) is 0.412. The number of pyridine rings is 1. The summed E-state index contributed by atoms with van der Waals surface area (Å²) in [6.45, 7) is 0. The summed E-state index contributed by atoms with van der Waals surface area (Å²) in [4.78, 5) is 4.17. The van der Waals surface area contributed by atoms with E-state index in [4.69, 9.17) is 4.74 Å². The van der Waals surface area contributed by atoms with Crippen LogP contribution in [0.4, 0.5) is 4.39 Å². The summed E-state index contributed by atoms with van der Waals surface area (Å²) >= 11 is 0. The Hall–Kier alpha value is -3.49. The summed E-state index contributed by atoms with van der Waals surface area (Å²) in [7, 11) is -2.19. The van der Waals surface area contributed by atoms with Gasteiger partial charge in [-0.2, -0.15) is 0 Å². The third kappa shape index (κ3) is 3.81. The predicted octanol–water partition coefficient (Wildman–Crippen LogP) is 4.93. The van der Waals surface area contributed by atoms with Gasteiger partial charge in [-0.05, 0) is 61.3 Å². The Morgan fingerprint density at radius 2 is 1.82 bits per heavy atom. The lowest BCUT2D eigenvalue weighted by Gasteiger charge is -2.14. The molecule has 1 aliphatic rings. The van der Waals surface area contributed by atoms with E-state index >= 15 is 0 Å². The van der Waals surface area contributed by atoms with Crippen LogP contribution in [0, 0.1) is 5.82 Å². The first-order valence-corrected chi connectivity index (χ1v) is 12.0. The quantitative estimate of drug-likeness (QED) is 0.439. The number of aromatic nitrogens is 2. The number of ether oxygens (including phenoxy) is 1. The fraction of sp³-hybridized carbons (Fsp3) is 0.160. The van der Waals surface area contributed by atoms with Crippen molar-refractivity contribution in [1.82, 2.24) is 14.3 Å². The fourth-order valence-corrected chi connectivity index (χ4v) is 5.63. The van der Waals surface area contributed by atoms with Gasteiger partial charge in [-0.15, -0.1) is 0 Å². The van der Waals surface area contributed by atoms with Crippen LogP contribution >= 0.6 is 0 Å². The summed E-state index contributed by atoms with van der Waals surface area (Å²) in [5, 5.41) is 3.22. The molecule has 0 saturated heterocycles. The van der Waals surface area contributed by atoms with Crippen LogP contribution in [-0.4, -0.2) is 24.4 Å². The SMILES string of the molecule is CNC1CCc2c1cn(S(=O)(=O)c1ccc(Oc3ccccc3)nc1)c2-c1ccccc1F. The number of fused-ring (bicyclic) bond motifs is 1. The number of nitrogens with zero attached hydrogens (tertiary/aromatic N) is 2.